The Morgan fingerprint density at radius 1 is 1.10 bits per heavy atom. The maximum absolute atomic E-state index is 9.44. The average molecular weight is 297 g/mol. The van der Waals surface area contributed by atoms with Gasteiger partial charge in [-0.1, -0.05) is 20.3 Å². The summed E-state index contributed by atoms with van der Waals surface area (Å²) >= 11 is 0. The zero-order valence-electron chi connectivity index (χ0n) is 14.1. The molecule has 2 heterocycles. The van der Waals surface area contributed by atoms with E-state index >= 15 is 0 Å². The Labute approximate surface area is 130 Å². The fourth-order valence-electron chi connectivity index (χ4n) is 3.81. The molecule has 4 nitrogen and oxygen atoms in total. The lowest BCUT2D eigenvalue weighted by molar-refractivity contribution is 0.0899. The Morgan fingerprint density at radius 2 is 1.81 bits per heavy atom. The molecule has 0 aromatic carbocycles. The molecule has 0 radical (unpaired) electrons. The molecule has 1 atom stereocenters. The van der Waals surface area contributed by atoms with Crippen LogP contribution in [0.15, 0.2) is 0 Å². The first-order chi connectivity index (χ1) is 10.1. The predicted molar refractivity (Wildman–Crippen MR) is 88.6 cm³/mol. The van der Waals surface area contributed by atoms with Crippen LogP contribution in [0.1, 0.15) is 46.0 Å². The van der Waals surface area contributed by atoms with Crippen LogP contribution in [0, 0.1) is 5.41 Å². The highest BCUT2D eigenvalue weighted by Gasteiger charge is 2.24. The summed E-state index contributed by atoms with van der Waals surface area (Å²) in [7, 11) is 0. The van der Waals surface area contributed by atoms with Crippen LogP contribution in [0.5, 0.6) is 0 Å². The van der Waals surface area contributed by atoms with Crippen molar-refractivity contribution >= 4 is 0 Å². The first-order valence-electron chi connectivity index (χ1n) is 8.89. The van der Waals surface area contributed by atoms with Crippen molar-refractivity contribution in [2.24, 2.45) is 5.41 Å². The molecule has 1 unspecified atom stereocenters. The van der Waals surface area contributed by atoms with Crippen molar-refractivity contribution in [3.63, 3.8) is 0 Å². The highest BCUT2D eigenvalue weighted by atomic mass is 16.3. The molecule has 0 bridgehead atoms. The molecule has 0 saturated carbocycles. The topological polar surface area (TPSA) is 38.7 Å². The number of likely N-dealkylation sites (tertiary alicyclic amines) is 2. The molecule has 0 aromatic rings. The van der Waals surface area contributed by atoms with Crippen molar-refractivity contribution in [3.8, 4) is 0 Å². The number of aliphatic hydroxyl groups is 1. The van der Waals surface area contributed by atoms with Gasteiger partial charge in [0.15, 0.2) is 0 Å². The molecule has 0 spiro atoms. The van der Waals surface area contributed by atoms with Gasteiger partial charge in [-0.25, -0.2) is 0 Å². The van der Waals surface area contributed by atoms with Gasteiger partial charge in [0.25, 0.3) is 0 Å². The Hall–Kier alpha value is -0.160. The lowest BCUT2D eigenvalue weighted by Gasteiger charge is -2.35. The van der Waals surface area contributed by atoms with E-state index in [0.717, 1.165) is 32.6 Å². The van der Waals surface area contributed by atoms with Gasteiger partial charge in [-0.15, -0.1) is 0 Å². The maximum atomic E-state index is 9.44. The predicted octanol–water partition coefficient (Wildman–Crippen LogP) is 1.54. The molecule has 124 valence electrons. The monoisotopic (exact) mass is 297 g/mol. The summed E-state index contributed by atoms with van der Waals surface area (Å²) in [5, 5.41) is 13.1. The normalized spacial score (nSPS) is 25.6. The van der Waals surface area contributed by atoms with Gasteiger partial charge in [0.2, 0.25) is 0 Å². The fourth-order valence-corrected chi connectivity index (χ4v) is 3.81. The van der Waals surface area contributed by atoms with Gasteiger partial charge in [-0.3, -0.25) is 4.90 Å². The summed E-state index contributed by atoms with van der Waals surface area (Å²) in [6, 6.07) is 0.401. The number of aliphatic hydroxyl groups excluding tert-OH is 1. The minimum Gasteiger partial charge on any atom is -0.395 e. The maximum Gasteiger partial charge on any atom is 0.0586 e. The third kappa shape index (κ3) is 5.85. The molecule has 4 heteroatoms. The summed E-state index contributed by atoms with van der Waals surface area (Å²) in [5.74, 6) is 0. The van der Waals surface area contributed by atoms with Crippen LogP contribution in [0.2, 0.25) is 0 Å². The zero-order valence-corrected chi connectivity index (χ0v) is 14.1. The van der Waals surface area contributed by atoms with Gasteiger partial charge in [-0.2, -0.15) is 0 Å². The second-order valence-corrected chi connectivity index (χ2v) is 7.69. The van der Waals surface area contributed by atoms with Crippen LogP contribution >= 0.6 is 0 Å². The Kier molecular flexibility index (Phi) is 6.93. The van der Waals surface area contributed by atoms with Crippen LogP contribution in [-0.4, -0.2) is 73.4 Å². The molecule has 2 aliphatic heterocycles. The summed E-state index contributed by atoms with van der Waals surface area (Å²) in [6.07, 6.45) is 6.48. The fraction of sp³-hybridized carbons (Fsp3) is 1.00. The van der Waals surface area contributed by atoms with Crippen molar-refractivity contribution in [1.82, 2.24) is 15.1 Å². The van der Waals surface area contributed by atoms with Gasteiger partial charge in [0.05, 0.1) is 6.61 Å². The van der Waals surface area contributed by atoms with Crippen molar-refractivity contribution in [3.05, 3.63) is 0 Å². The lowest BCUT2D eigenvalue weighted by atomic mass is 9.92. The van der Waals surface area contributed by atoms with Gasteiger partial charge in [0.1, 0.15) is 0 Å². The van der Waals surface area contributed by atoms with Gasteiger partial charge in [0, 0.05) is 32.2 Å². The Morgan fingerprint density at radius 3 is 2.52 bits per heavy atom. The first kappa shape index (κ1) is 17.2. The third-order valence-electron chi connectivity index (χ3n) is 4.99. The second kappa shape index (κ2) is 8.47. The standard InChI is InChI=1S/C17H35N3O/c1-17(2,15-19-9-5-6-10-19)14-18-8-12-20-11-4-3-7-16(20)13-21/h16,18,21H,3-15H2,1-2H3. The van der Waals surface area contributed by atoms with Gasteiger partial charge in [-0.05, 0) is 50.7 Å². The van der Waals surface area contributed by atoms with Crippen LogP contribution in [0.25, 0.3) is 0 Å². The lowest BCUT2D eigenvalue weighted by Crippen LogP contribution is -2.46. The molecule has 0 aromatic heterocycles. The largest absolute Gasteiger partial charge is 0.395 e. The number of rotatable bonds is 8. The van der Waals surface area contributed by atoms with E-state index in [9.17, 15) is 5.11 Å². The highest BCUT2D eigenvalue weighted by molar-refractivity contribution is 4.80. The minimum absolute atomic E-state index is 0.320. The quantitative estimate of drug-likeness (QED) is 0.667. The molecule has 2 N–H and O–H groups in total. The van der Waals surface area contributed by atoms with Crippen LogP contribution < -0.4 is 5.32 Å². The van der Waals surface area contributed by atoms with E-state index in [0.29, 0.717) is 18.1 Å². The number of nitrogens with zero attached hydrogens (tertiary/aromatic N) is 2. The van der Waals surface area contributed by atoms with E-state index in [1.807, 2.05) is 0 Å². The number of nitrogens with one attached hydrogen (secondary N) is 1. The molecule has 2 saturated heterocycles. The molecule has 0 amide bonds. The first-order valence-corrected chi connectivity index (χ1v) is 8.89. The zero-order chi connectivity index (χ0) is 15.1. The molecular weight excluding hydrogens is 262 g/mol. The van der Waals surface area contributed by atoms with Crippen molar-refractivity contribution in [1.29, 1.82) is 0 Å². The van der Waals surface area contributed by atoms with Crippen molar-refractivity contribution in [2.75, 3.05) is 52.4 Å². The van der Waals surface area contributed by atoms with E-state index in [1.54, 1.807) is 0 Å². The van der Waals surface area contributed by atoms with Crippen LogP contribution in [0.3, 0.4) is 0 Å². The molecule has 21 heavy (non-hydrogen) atoms. The SMILES string of the molecule is CC(C)(CNCCN1CCCCC1CO)CN1CCCC1. The van der Waals surface area contributed by atoms with E-state index in [1.165, 1.54) is 45.3 Å². The molecule has 0 aliphatic carbocycles. The second-order valence-electron chi connectivity index (χ2n) is 7.69. The van der Waals surface area contributed by atoms with E-state index < -0.39 is 0 Å². The van der Waals surface area contributed by atoms with E-state index in [2.05, 4.69) is 29.0 Å². The summed E-state index contributed by atoms with van der Waals surface area (Å²) < 4.78 is 0. The number of hydrogen-bond acceptors (Lipinski definition) is 4. The molecular formula is C17H35N3O. The Balaban J connectivity index is 1.61. The average Bonchev–Trinajstić information content (AvgIpc) is 2.96. The summed E-state index contributed by atoms with van der Waals surface area (Å²) in [6.45, 7) is 13.2. The molecule has 2 fully saturated rings. The molecule has 2 rings (SSSR count). The highest BCUT2D eigenvalue weighted by Crippen LogP contribution is 2.19. The van der Waals surface area contributed by atoms with Crippen LogP contribution in [0.4, 0.5) is 0 Å². The van der Waals surface area contributed by atoms with Crippen LogP contribution in [-0.2, 0) is 0 Å². The number of piperidine rings is 1. The summed E-state index contributed by atoms with van der Waals surface area (Å²) in [5.41, 5.74) is 0.350. The van der Waals surface area contributed by atoms with Crippen molar-refractivity contribution in [2.45, 2.75) is 52.0 Å². The smallest absolute Gasteiger partial charge is 0.0586 e. The van der Waals surface area contributed by atoms with Gasteiger partial charge >= 0.3 is 0 Å². The van der Waals surface area contributed by atoms with Crippen molar-refractivity contribution < 1.29 is 5.11 Å². The Bertz CT molecular complexity index is 290. The summed E-state index contributed by atoms with van der Waals surface area (Å²) in [4.78, 5) is 5.07. The van der Waals surface area contributed by atoms with E-state index in [-0.39, 0.29) is 0 Å². The minimum atomic E-state index is 0.320. The van der Waals surface area contributed by atoms with E-state index in [4.69, 9.17) is 0 Å². The number of hydrogen-bond donors (Lipinski definition) is 2. The third-order valence-corrected chi connectivity index (χ3v) is 4.99. The van der Waals surface area contributed by atoms with Gasteiger partial charge < -0.3 is 15.3 Å². The molecule has 2 aliphatic rings.